The first kappa shape index (κ1) is 9.95. The molecule has 1 nitrogen and oxygen atoms in total. The van der Waals surface area contributed by atoms with Crippen LogP contribution in [0.4, 0.5) is 0 Å². The van der Waals surface area contributed by atoms with Gasteiger partial charge in [-0.3, -0.25) is 4.99 Å². The van der Waals surface area contributed by atoms with Crippen molar-refractivity contribution >= 4 is 5.71 Å². The molecule has 0 unspecified atom stereocenters. The van der Waals surface area contributed by atoms with Gasteiger partial charge in [0.2, 0.25) is 0 Å². The second-order valence-corrected chi connectivity index (χ2v) is 5.24. The van der Waals surface area contributed by atoms with Gasteiger partial charge in [-0.1, -0.05) is 19.4 Å². The lowest BCUT2D eigenvalue weighted by Crippen LogP contribution is -2.41. The Labute approximate surface area is 87.3 Å². The number of hydrogen-bond acceptors (Lipinski definition) is 1. The van der Waals surface area contributed by atoms with Crippen molar-refractivity contribution < 1.29 is 0 Å². The van der Waals surface area contributed by atoms with Gasteiger partial charge in [-0.05, 0) is 44.6 Å². The van der Waals surface area contributed by atoms with Gasteiger partial charge >= 0.3 is 0 Å². The van der Waals surface area contributed by atoms with Crippen molar-refractivity contribution in [2.24, 2.45) is 16.3 Å². The van der Waals surface area contributed by atoms with E-state index in [9.17, 15) is 0 Å². The fraction of sp³-hybridized carbons (Fsp3) is 0.769. The van der Waals surface area contributed by atoms with Crippen LogP contribution in [0.3, 0.4) is 0 Å². The van der Waals surface area contributed by atoms with Crippen LogP contribution in [-0.4, -0.2) is 12.3 Å². The third-order valence-corrected chi connectivity index (χ3v) is 4.48. The van der Waals surface area contributed by atoms with E-state index in [-0.39, 0.29) is 0 Å². The molecule has 0 saturated carbocycles. The average molecular weight is 191 g/mol. The molecule has 2 atom stereocenters. The quantitative estimate of drug-likeness (QED) is 0.554. The molecule has 0 aromatic carbocycles. The first-order valence-corrected chi connectivity index (χ1v) is 5.77. The Balaban J connectivity index is 2.47. The number of nitrogens with zero attached hydrogens (tertiary/aromatic N) is 1. The number of fused-ring (bicyclic) bond motifs is 1. The third-order valence-electron chi connectivity index (χ3n) is 4.48. The van der Waals surface area contributed by atoms with Crippen LogP contribution >= 0.6 is 0 Å². The van der Waals surface area contributed by atoms with Crippen molar-refractivity contribution in [3.63, 3.8) is 0 Å². The van der Waals surface area contributed by atoms with Crippen molar-refractivity contribution in [1.29, 1.82) is 0 Å². The van der Waals surface area contributed by atoms with Crippen molar-refractivity contribution in [3.05, 3.63) is 11.1 Å². The van der Waals surface area contributed by atoms with Crippen LogP contribution in [0, 0.1) is 11.3 Å². The highest BCUT2D eigenvalue weighted by Crippen LogP contribution is 2.45. The molecule has 0 spiro atoms. The molecule has 0 radical (unpaired) electrons. The molecule has 1 aliphatic carbocycles. The smallest absolute Gasteiger partial charge is 0.0438 e. The minimum atomic E-state index is 0.377. The molecule has 0 aromatic heterocycles. The molecule has 2 aliphatic rings. The Morgan fingerprint density at radius 3 is 2.79 bits per heavy atom. The summed E-state index contributed by atoms with van der Waals surface area (Å²) in [5.41, 5.74) is 4.82. The maximum Gasteiger partial charge on any atom is 0.0438 e. The fourth-order valence-electron chi connectivity index (χ4n) is 2.85. The molecule has 1 aliphatic heterocycles. The first-order chi connectivity index (χ1) is 6.55. The van der Waals surface area contributed by atoms with Crippen molar-refractivity contribution in [3.8, 4) is 0 Å². The zero-order chi connectivity index (χ0) is 10.3. The Morgan fingerprint density at radius 2 is 2.07 bits per heavy atom. The maximum atomic E-state index is 4.76. The summed E-state index contributed by atoms with van der Waals surface area (Å²) in [4.78, 5) is 4.76. The van der Waals surface area contributed by atoms with Crippen LogP contribution in [0.2, 0.25) is 0 Å². The summed E-state index contributed by atoms with van der Waals surface area (Å²) in [6, 6.07) is 0. The monoisotopic (exact) mass is 191 g/mol. The molecule has 2 rings (SSSR count). The number of aliphatic imine (C=N–C) groups is 1. The fourth-order valence-corrected chi connectivity index (χ4v) is 2.85. The van der Waals surface area contributed by atoms with Gasteiger partial charge in [0, 0.05) is 17.7 Å². The first-order valence-electron chi connectivity index (χ1n) is 5.77. The molecule has 0 fully saturated rings. The predicted octanol–water partition coefficient (Wildman–Crippen LogP) is 3.60. The molecular formula is C13H21N. The lowest BCUT2D eigenvalue weighted by Gasteiger charge is -2.43. The van der Waals surface area contributed by atoms with Crippen LogP contribution in [0.1, 0.15) is 47.0 Å². The van der Waals surface area contributed by atoms with Crippen LogP contribution in [0.5, 0.6) is 0 Å². The zero-order valence-electron chi connectivity index (χ0n) is 9.85. The van der Waals surface area contributed by atoms with Crippen LogP contribution < -0.4 is 0 Å². The number of allylic oxidation sites excluding steroid dienone is 2. The maximum absolute atomic E-state index is 4.76. The third kappa shape index (κ3) is 1.25. The summed E-state index contributed by atoms with van der Waals surface area (Å²) >= 11 is 0. The van der Waals surface area contributed by atoms with Gasteiger partial charge in [-0.25, -0.2) is 0 Å². The molecule has 0 saturated heterocycles. The van der Waals surface area contributed by atoms with Gasteiger partial charge in [-0.15, -0.1) is 0 Å². The molecule has 14 heavy (non-hydrogen) atoms. The zero-order valence-corrected chi connectivity index (χ0v) is 9.85. The highest BCUT2D eigenvalue weighted by atomic mass is 14.8. The summed E-state index contributed by atoms with van der Waals surface area (Å²) in [5.74, 6) is 0.804. The van der Waals surface area contributed by atoms with E-state index < -0.39 is 0 Å². The molecule has 1 heterocycles. The van der Waals surface area contributed by atoms with Crippen molar-refractivity contribution in [2.75, 3.05) is 6.54 Å². The standard InChI is InChI=1S/C13H21N/c1-9-5-7-13(4)10(2)6-8-14-12(13)11(9)3/h10H,5-8H2,1-4H3/t10-,13-/m1/s1. The summed E-state index contributed by atoms with van der Waals surface area (Å²) < 4.78 is 0. The summed E-state index contributed by atoms with van der Waals surface area (Å²) in [6.07, 6.45) is 3.84. The number of hydrogen-bond donors (Lipinski definition) is 0. The molecule has 78 valence electrons. The van der Waals surface area contributed by atoms with E-state index in [1.807, 2.05) is 0 Å². The minimum Gasteiger partial charge on any atom is -0.289 e. The Bertz CT molecular complexity index is 311. The highest BCUT2D eigenvalue weighted by Gasteiger charge is 2.41. The number of rotatable bonds is 0. The van der Waals surface area contributed by atoms with E-state index in [2.05, 4.69) is 27.7 Å². The molecule has 1 heteroatoms. The van der Waals surface area contributed by atoms with Crippen molar-refractivity contribution in [1.82, 2.24) is 0 Å². The Morgan fingerprint density at radius 1 is 1.36 bits per heavy atom. The summed E-state index contributed by atoms with van der Waals surface area (Å²) in [5, 5.41) is 0. The Kier molecular flexibility index (Phi) is 2.29. The van der Waals surface area contributed by atoms with Crippen molar-refractivity contribution in [2.45, 2.75) is 47.0 Å². The van der Waals surface area contributed by atoms with E-state index in [0.29, 0.717) is 5.41 Å². The second-order valence-electron chi connectivity index (χ2n) is 5.24. The molecule has 0 N–H and O–H groups in total. The lowest BCUT2D eigenvalue weighted by molar-refractivity contribution is 0.253. The van der Waals surface area contributed by atoms with E-state index in [4.69, 9.17) is 4.99 Å². The van der Waals surface area contributed by atoms with E-state index >= 15 is 0 Å². The van der Waals surface area contributed by atoms with E-state index in [1.54, 1.807) is 5.57 Å². The van der Waals surface area contributed by atoms with E-state index in [0.717, 1.165) is 12.5 Å². The van der Waals surface area contributed by atoms with Gasteiger partial charge < -0.3 is 0 Å². The largest absolute Gasteiger partial charge is 0.289 e. The predicted molar refractivity (Wildman–Crippen MR) is 61.8 cm³/mol. The van der Waals surface area contributed by atoms with Gasteiger partial charge in [0.25, 0.3) is 0 Å². The Hall–Kier alpha value is -0.590. The van der Waals surface area contributed by atoms with Gasteiger partial charge in [-0.2, -0.15) is 0 Å². The van der Waals surface area contributed by atoms with Gasteiger partial charge in [0.15, 0.2) is 0 Å². The van der Waals surface area contributed by atoms with Crippen LogP contribution in [-0.2, 0) is 0 Å². The van der Waals surface area contributed by atoms with E-state index in [1.165, 1.54) is 30.5 Å². The molecule has 0 amide bonds. The topological polar surface area (TPSA) is 12.4 Å². The summed E-state index contributed by atoms with van der Waals surface area (Å²) in [7, 11) is 0. The summed E-state index contributed by atoms with van der Waals surface area (Å²) in [6.45, 7) is 10.4. The van der Waals surface area contributed by atoms with Gasteiger partial charge in [0.05, 0.1) is 0 Å². The lowest BCUT2D eigenvalue weighted by atomic mass is 9.63. The minimum absolute atomic E-state index is 0.377. The SMILES string of the molecule is CC1=C(C)C2=NCC[C@@H](C)[C@@]2(C)CC1. The van der Waals surface area contributed by atoms with Gasteiger partial charge in [0.1, 0.15) is 0 Å². The average Bonchev–Trinajstić information content (AvgIpc) is 2.16. The highest BCUT2D eigenvalue weighted by molar-refractivity contribution is 6.05. The van der Waals surface area contributed by atoms with Crippen LogP contribution in [0.15, 0.2) is 16.1 Å². The van der Waals surface area contributed by atoms with Crippen LogP contribution in [0.25, 0.3) is 0 Å². The molecule has 0 aromatic rings. The normalized spacial score (nSPS) is 38.0. The molecular weight excluding hydrogens is 170 g/mol. The second kappa shape index (κ2) is 3.22. The molecule has 0 bridgehead atoms.